The number of likely N-dealkylation sites (tertiary alicyclic amines) is 1. The normalized spacial score (nSPS) is 27.1. The molecule has 2 fully saturated rings. The molecule has 0 aliphatic carbocycles. The van der Waals surface area contributed by atoms with E-state index in [0.717, 1.165) is 63.0 Å². The van der Waals surface area contributed by atoms with Crippen molar-refractivity contribution < 1.29 is 4.79 Å². The zero-order valence-electron chi connectivity index (χ0n) is 11.5. The van der Waals surface area contributed by atoms with E-state index in [-0.39, 0.29) is 5.91 Å². The highest BCUT2D eigenvalue weighted by atomic mass is 16.2. The molecule has 1 amide bonds. The van der Waals surface area contributed by atoms with E-state index in [1.54, 1.807) is 6.20 Å². The van der Waals surface area contributed by atoms with Crippen LogP contribution in [0.25, 0.3) is 0 Å². The maximum Gasteiger partial charge on any atom is 0.257 e. The van der Waals surface area contributed by atoms with Crippen molar-refractivity contribution in [3.05, 3.63) is 18.0 Å². The molecule has 0 spiro atoms. The Morgan fingerprint density at radius 2 is 2.05 bits per heavy atom. The first-order valence-corrected chi connectivity index (χ1v) is 7.30. The second kappa shape index (κ2) is 5.33. The molecule has 0 bridgehead atoms. The third-order valence-corrected chi connectivity index (χ3v) is 4.51. The summed E-state index contributed by atoms with van der Waals surface area (Å²) in [6, 6.07) is 0. The monoisotopic (exact) mass is 262 g/mol. The maximum absolute atomic E-state index is 12.5. The van der Waals surface area contributed by atoms with E-state index in [1.165, 1.54) is 0 Å². The minimum atomic E-state index is 0.146. The molecule has 2 saturated heterocycles. The molecular weight excluding hydrogens is 240 g/mol. The molecule has 1 aromatic rings. The van der Waals surface area contributed by atoms with Crippen molar-refractivity contribution in [3.63, 3.8) is 0 Å². The number of rotatable bonds is 2. The van der Waals surface area contributed by atoms with Crippen molar-refractivity contribution >= 4 is 5.91 Å². The third kappa shape index (κ3) is 2.52. The van der Waals surface area contributed by atoms with Crippen LogP contribution in [0.2, 0.25) is 0 Å². The van der Waals surface area contributed by atoms with Crippen LogP contribution in [-0.4, -0.2) is 46.8 Å². The van der Waals surface area contributed by atoms with Gasteiger partial charge in [-0.25, -0.2) is 0 Å². The molecule has 0 radical (unpaired) electrons. The number of nitrogens with zero attached hydrogens (tertiary/aromatic N) is 3. The van der Waals surface area contributed by atoms with E-state index < -0.39 is 0 Å². The van der Waals surface area contributed by atoms with Gasteiger partial charge in [0.2, 0.25) is 0 Å². The fourth-order valence-corrected chi connectivity index (χ4v) is 3.25. The Kier molecular flexibility index (Phi) is 3.55. The van der Waals surface area contributed by atoms with Crippen molar-refractivity contribution in [1.82, 2.24) is 20.0 Å². The van der Waals surface area contributed by atoms with Crippen molar-refractivity contribution in [2.75, 3.05) is 26.2 Å². The first-order chi connectivity index (χ1) is 9.28. The number of amides is 1. The van der Waals surface area contributed by atoms with E-state index in [2.05, 4.69) is 10.4 Å². The smallest absolute Gasteiger partial charge is 0.257 e. The van der Waals surface area contributed by atoms with Gasteiger partial charge in [-0.05, 0) is 44.7 Å². The molecule has 2 atom stereocenters. The van der Waals surface area contributed by atoms with Gasteiger partial charge in [0, 0.05) is 25.8 Å². The molecule has 1 N–H and O–H groups in total. The summed E-state index contributed by atoms with van der Waals surface area (Å²) in [7, 11) is 0. The molecule has 3 rings (SSSR count). The topological polar surface area (TPSA) is 50.2 Å². The largest absolute Gasteiger partial charge is 0.339 e. The van der Waals surface area contributed by atoms with Crippen LogP contribution in [0.3, 0.4) is 0 Å². The fraction of sp³-hybridized carbons (Fsp3) is 0.714. The second-order valence-corrected chi connectivity index (χ2v) is 5.63. The molecule has 104 valence electrons. The predicted octanol–water partition coefficient (Wildman–Crippen LogP) is 0.975. The van der Waals surface area contributed by atoms with Crippen LogP contribution in [0.1, 0.15) is 30.1 Å². The van der Waals surface area contributed by atoms with Gasteiger partial charge in [-0.3, -0.25) is 9.48 Å². The fourth-order valence-electron chi connectivity index (χ4n) is 3.25. The lowest BCUT2D eigenvalue weighted by molar-refractivity contribution is 0.0758. The van der Waals surface area contributed by atoms with Gasteiger partial charge >= 0.3 is 0 Å². The number of hydrogen-bond donors (Lipinski definition) is 1. The third-order valence-electron chi connectivity index (χ3n) is 4.51. The maximum atomic E-state index is 12.5. The minimum absolute atomic E-state index is 0.146. The highest BCUT2D eigenvalue weighted by Gasteiger charge is 2.31. The summed E-state index contributed by atoms with van der Waals surface area (Å²) in [5.41, 5.74) is 0.729. The summed E-state index contributed by atoms with van der Waals surface area (Å²) in [4.78, 5) is 14.5. The SMILES string of the molecule is CCn1cc(C(=O)N2CC[C@@H]3CNC[C@@H]3CC2)cn1. The zero-order valence-corrected chi connectivity index (χ0v) is 11.5. The first-order valence-electron chi connectivity index (χ1n) is 7.30. The van der Waals surface area contributed by atoms with Crippen LogP contribution < -0.4 is 5.32 Å². The van der Waals surface area contributed by atoms with E-state index in [0.29, 0.717) is 0 Å². The van der Waals surface area contributed by atoms with Crippen LogP contribution >= 0.6 is 0 Å². The first kappa shape index (κ1) is 12.7. The zero-order chi connectivity index (χ0) is 13.2. The molecule has 2 aliphatic rings. The Labute approximate surface area is 114 Å². The highest BCUT2D eigenvalue weighted by molar-refractivity contribution is 5.93. The van der Waals surface area contributed by atoms with E-state index in [9.17, 15) is 4.79 Å². The summed E-state index contributed by atoms with van der Waals surface area (Å²) in [5.74, 6) is 1.67. The summed E-state index contributed by atoms with van der Waals surface area (Å²) >= 11 is 0. The lowest BCUT2D eigenvalue weighted by Crippen LogP contribution is -2.32. The average Bonchev–Trinajstić information content (AvgIpc) is 3.04. The summed E-state index contributed by atoms with van der Waals surface area (Å²) < 4.78 is 1.81. The van der Waals surface area contributed by atoms with Crippen LogP contribution in [0.15, 0.2) is 12.4 Å². The van der Waals surface area contributed by atoms with Crippen LogP contribution in [0, 0.1) is 11.8 Å². The molecule has 0 unspecified atom stereocenters. The van der Waals surface area contributed by atoms with Crippen molar-refractivity contribution in [2.45, 2.75) is 26.3 Å². The highest BCUT2D eigenvalue weighted by Crippen LogP contribution is 2.27. The lowest BCUT2D eigenvalue weighted by atomic mass is 9.92. The van der Waals surface area contributed by atoms with Gasteiger partial charge < -0.3 is 10.2 Å². The average molecular weight is 262 g/mol. The number of carbonyl (C=O) groups excluding carboxylic acids is 1. The van der Waals surface area contributed by atoms with Gasteiger partial charge in [0.25, 0.3) is 5.91 Å². The second-order valence-electron chi connectivity index (χ2n) is 5.63. The number of nitrogens with one attached hydrogen (secondary N) is 1. The summed E-state index contributed by atoms with van der Waals surface area (Å²) in [6.45, 7) is 6.86. The van der Waals surface area contributed by atoms with E-state index in [1.807, 2.05) is 22.7 Å². The van der Waals surface area contributed by atoms with E-state index >= 15 is 0 Å². The lowest BCUT2D eigenvalue weighted by Gasteiger charge is -2.20. The van der Waals surface area contributed by atoms with E-state index in [4.69, 9.17) is 0 Å². The number of aromatic nitrogens is 2. The van der Waals surface area contributed by atoms with Gasteiger partial charge in [-0.1, -0.05) is 0 Å². The van der Waals surface area contributed by atoms with Crippen molar-refractivity contribution in [1.29, 1.82) is 0 Å². The van der Waals surface area contributed by atoms with Gasteiger partial charge in [0.15, 0.2) is 0 Å². The van der Waals surface area contributed by atoms with Crippen molar-refractivity contribution in [2.24, 2.45) is 11.8 Å². The number of hydrogen-bond acceptors (Lipinski definition) is 3. The molecule has 19 heavy (non-hydrogen) atoms. The Balaban J connectivity index is 1.67. The van der Waals surface area contributed by atoms with Gasteiger partial charge in [0.1, 0.15) is 0 Å². The number of fused-ring (bicyclic) bond motifs is 1. The molecule has 1 aromatic heterocycles. The summed E-state index contributed by atoms with van der Waals surface area (Å²) in [5, 5.41) is 7.65. The van der Waals surface area contributed by atoms with Crippen LogP contribution in [-0.2, 0) is 6.54 Å². The molecule has 0 aromatic carbocycles. The Morgan fingerprint density at radius 1 is 1.37 bits per heavy atom. The quantitative estimate of drug-likeness (QED) is 0.864. The minimum Gasteiger partial charge on any atom is -0.339 e. The molecule has 5 nitrogen and oxygen atoms in total. The number of carbonyl (C=O) groups is 1. The summed E-state index contributed by atoms with van der Waals surface area (Å²) in [6.07, 6.45) is 5.81. The van der Waals surface area contributed by atoms with Crippen LogP contribution in [0.4, 0.5) is 0 Å². The van der Waals surface area contributed by atoms with Gasteiger partial charge in [-0.2, -0.15) is 5.10 Å². The number of aryl methyl sites for hydroxylation is 1. The standard InChI is InChI=1S/C14H22N4O/c1-2-18-10-13(9-16-18)14(19)17-5-3-11-7-15-8-12(11)4-6-17/h9-12,15H,2-8H2,1H3/t11-,12+. The predicted molar refractivity (Wildman–Crippen MR) is 72.9 cm³/mol. The molecule has 3 heterocycles. The Morgan fingerprint density at radius 3 is 2.63 bits per heavy atom. The van der Waals surface area contributed by atoms with Crippen LogP contribution in [0.5, 0.6) is 0 Å². The van der Waals surface area contributed by atoms with Crippen molar-refractivity contribution in [3.8, 4) is 0 Å². The molecule has 2 aliphatic heterocycles. The molecular formula is C14H22N4O. The Hall–Kier alpha value is -1.36. The molecule has 0 saturated carbocycles. The molecule has 5 heteroatoms. The van der Waals surface area contributed by atoms with Gasteiger partial charge in [-0.15, -0.1) is 0 Å². The Bertz CT molecular complexity index is 442. The van der Waals surface area contributed by atoms with Gasteiger partial charge in [0.05, 0.1) is 11.8 Å².